The van der Waals surface area contributed by atoms with Crippen molar-refractivity contribution in [1.29, 1.82) is 0 Å². The largest absolute Gasteiger partial charge is 0.495 e. The lowest BCUT2D eigenvalue weighted by Crippen LogP contribution is -2.52. The summed E-state index contributed by atoms with van der Waals surface area (Å²) in [6.07, 6.45) is -1.84. The molecule has 0 bridgehead atoms. The number of ether oxygens (including phenoxy) is 3. The van der Waals surface area contributed by atoms with Crippen molar-refractivity contribution in [3.05, 3.63) is 28.8 Å². The molecule has 0 saturated carbocycles. The molecule has 3 N–H and O–H groups in total. The molecular weight excluding hydrogens is 504 g/mol. The highest BCUT2D eigenvalue weighted by molar-refractivity contribution is 6.32. The van der Waals surface area contributed by atoms with Crippen molar-refractivity contribution in [2.75, 3.05) is 13.7 Å². The quantitative estimate of drug-likeness (QED) is 0.337. The molecule has 1 aromatic carbocycles. The molecule has 2 amide bonds. The van der Waals surface area contributed by atoms with Crippen LogP contribution in [0.1, 0.15) is 60.5 Å². The van der Waals surface area contributed by atoms with E-state index in [1.165, 1.54) is 21.0 Å². The van der Waals surface area contributed by atoms with Crippen LogP contribution in [0, 0.1) is 11.3 Å². The SMILES string of the molecule is COc1ccc(C[C@@H](NC(=O)OC(C)(C)C)C(=O)NCC(C)(C)C(=O)O[C@@H](CC(C)C)C(=O)O)cc1Cl. The van der Waals surface area contributed by atoms with Crippen molar-refractivity contribution in [3.8, 4) is 5.75 Å². The van der Waals surface area contributed by atoms with E-state index in [1.54, 1.807) is 39.0 Å². The summed E-state index contributed by atoms with van der Waals surface area (Å²) in [7, 11) is 1.48. The van der Waals surface area contributed by atoms with Crippen molar-refractivity contribution in [2.24, 2.45) is 11.3 Å². The molecule has 0 aliphatic heterocycles. The minimum Gasteiger partial charge on any atom is -0.495 e. The smallest absolute Gasteiger partial charge is 0.408 e. The second kappa shape index (κ2) is 13.5. The number of hydrogen-bond acceptors (Lipinski definition) is 7. The second-order valence-electron chi connectivity index (χ2n) is 10.8. The molecule has 1 rings (SSSR count). The molecule has 0 fully saturated rings. The van der Waals surface area contributed by atoms with Gasteiger partial charge in [-0.1, -0.05) is 31.5 Å². The van der Waals surface area contributed by atoms with Crippen LogP contribution in [0.2, 0.25) is 5.02 Å². The van der Waals surface area contributed by atoms with Gasteiger partial charge < -0.3 is 30.0 Å². The third kappa shape index (κ3) is 11.3. The zero-order valence-corrected chi connectivity index (χ0v) is 23.5. The number of carboxylic acid groups (broad SMARTS) is 1. The van der Waals surface area contributed by atoms with Crippen molar-refractivity contribution in [1.82, 2.24) is 10.6 Å². The van der Waals surface area contributed by atoms with Gasteiger partial charge in [-0.25, -0.2) is 9.59 Å². The monoisotopic (exact) mass is 542 g/mol. The highest BCUT2D eigenvalue weighted by Gasteiger charge is 2.35. The fraction of sp³-hybridized carbons (Fsp3) is 0.615. The normalized spacial score (nSPS) is 13.4. The van der Waals surface area contributed by atoms with Crippen LogP contribution in [-0.4, -0.2) is 60.4 Å². The van der Waals surface area contributed by atoms with Crippen LogP contribution < -0.4 is 15.4 Å². The van der Waals surface area contributed by atoms with Crippen molar-refractivity contribution in [3.63, 3.8) is 0 Å². The number of halogens is 1. The molecule has 0 radical (unpaired) electrons. The summed E-state index contributed by atoms with van der Waals surface area (Å²) in [5, 5.41) is 14.9. The molecule has 10 nitrogen and oxygen atoms in total. The summed E-state index contributed by atoms with van der Waals surface area (Å²) in [6.45, 7) is 11.6. The van der Waals surface area contributed by atoms with Crippen molar-refractivity contribution < 1.29 is 38.5 Å². The number of hydrogen-bond donors (Lipinski definition) is 3. The molecular formula is C26H39ClN2O8. The molecule has 2 atom stereocenters. The van der Waals surface area contributed by atoms with Crippen LogP contribution >= 0.6 is 11.6 Å². The molecule has 37 heavy (non-hydrogen) atoms. The van der Waals surface area contributed by atoms with Crippen LogP contribution in [0.25, 0.3) is 0 Å². The maximum Gasteiger partial charge on any atom is 0.408 e. The molecule has 11 heteroatoms. The molecule has 0 heterocycles. The Balaban J connectivity index is 3.00. The molecule has 208 valence electrons. The topological polar surface area (TPSA) is 140 Å². The van der Waals surface area contributed by atoms with E-state index in [0.29, 0.717) is 16.3 Å². The van der Waals surface area contributed by atoms with Gasteiger partial charge in [-0.3, -0.25) is 9.59 Å². The highest BCUT2D eigenvalue weighted by atomic mass is 35.5. The molecule has 0 aliphatic rings. The van der Waals surface area contributed by atoms with Gasteiger partial charge in [0, 0.05) is 13.0 Å². The predicted octanol–water partition coefficient (Wildman–Crippen LogP) is 3.97. The standard InChI is InChI=1S/C26H39ClN2O8/c1-15(2)11-20(22(31)32)36-23(33)26(6,7)14-28-21(30)18(29-24(34)37-25(3,4)5)13-16-9-10-19(35-8)17(27)12-16/h9-10,12,15,18,20H,11,13-14H2,1-8H3,(H,28,30)(H,29,34)(H,31,32)/t18-,20+/m1/s1. The lowest BCUT2D eigenvalue weighted by molar-refractivity contribution is -0.171. The van der Waals surface area contributed by atoms with Gasteiger partial charge in [-0.15, -0.1) is 0 Å². The van der Waals surface area contributed by atoms with E-state index in [4.69, 9.17) is 25.8 Å². The average molecular weight is 543 g/mol. The maximum atomic E-state index is 13.1. The number of esters is 1. The fourth-order valence-electron chi connectivity index (χ4n) is 3.15. The molecule has 0 spiro atoms. The Hall–Kier alpha value is -3.01. The van der Waals surface area contributed by atoms with Gasteiger partial charge in [0.15, 0.2) is 6.10 Å². The number of carbonyl (C=O) groups excluding carboxylic acids is 3. The Labute approximate surface area is 223 Å². The molecule has 1 aromatic rings. The van der Waals surface area contributed by atoms with Crippen LogP contribution in [0.5, 0.6) is 5.75 Å². The zero-order valence-electron chi connectivity index (χ0n) is 22.8. The first-order valence-corrected chi connectivity index (χ1v) is 12.4. The summed E-state index contributed by atoms with van der Waals surface area (Å²) in [6, 6.07) is 3.93. The van der Waals surface area contributed by atoms with E-state index in [0.717, 1.165) is 0 Å². The molecule has 0 aliphatic carbocycles. The lowest BCUT2D eigenvalue weighted by Gasteiger charge is -2.27. The van der Waals surface area contributed by atoms with Gasteiger partial charge in [-0.05, 0) is 64.7 Å². The number of aliphatic carboxylic acids is 1. The maximum absolute atomic E-state index is 13.1. The van der Waals surface area contributed by atoms with E-state index in [2.05, 4.69) is 10.6 Å². The number of carbonyl (C=O) groups is 4. The van der Waals surface area contributed by atoms with Gasteiger partial charge in [0.25, 0.3) is 0 Å². The first-order valence-electron chi connectivity index (χ1n) is 12.0. The van der Waals surface area contributed by atoms with Crippen LogP contribution in [-0.2, 0) is 30.3 Å². The van der Waals surface area contributed by atoms with E-state index in [-0.39, 0.29) is 25.3 Å². The third-order valence-electron chi connectivity index (χ3n) is 5.13. The van der Waals surface area contributed by atoms with Crippen LogP contribution in [0.15, 0.2) is 18.2 Å². The van der Waals surface area contributed by atoms with Gasteiger partial charge in [-0.2, -0.15) is 0 Å². The second-order valence-corrected chi connectivity index (χ2v) is 11.2. The number of alkyl carbamates (subject to hydrolysis) is 1. The Morgan fingerprint density at radius 1 is 1.08 bits per heavy atom. The van der Waals surface area contributed by atoms with E-state index < -0.39 is 47.1 Å². The first kappa shape index (κ1) is 32.0. The number of methoxy groups -OCH3 is 1. The van der Waals surface area contributed by atoms with E-state index in [9.17, 15) is 24.3 Å². The van der Waals surface area contributed by atoms with Crippen molar-refractivity contribution in [2.45, 2.75) is 79.1 Å². The molecule has 0 unspecified atom stereocenters. The summed E-state index contributed by atoms with van der Waals surface area (Å²) in [4.78, 5) is 49.7. The summed E-state index contributed by atoms with van der Waals surface area (Å²) in [5.74, 6) is -2.11. The predicted molar refractivity (Wildman–Crippen MR) is 139 cm³/mol. The lowest BCUT2D eigenvalue weighted by atomic mass is 9.93. The molecule has 0 aromatic heterocycles. The number of nitrogens with one attached hydrogen (secondary N) is 2. The van der Waals surface area contributed by atoms with Gasteiger partial charge in [0.1, 0.15) is 17.4 Å². The highest BCUT2D eigenvalue weighted by Crippen LogP contribution is 2.26. The summed E-state index contributed by atoms with van der Waals surface area (Å²) in [5.41, 5.74) is -1.37. The van der Waals surface area contributed by atoms with Crippen LogP contribution in [0.4, 0.5) is 4.79 Å². The number of carboxylic acids is 1. The number of benzene rings is 1. The number of amides is 2. The van der Waals surface area contributed by atoms with E-state index >= 15 is 0 Å². The Kier molecular flexibility index (Phi) is 11.7. The first-order chi connectivity index (χ1) is 16.9. The molecule has 0 saturated heterocycles. The minimum absolute atomic E-state index is 0.00265. The average Bonchev–Trinajstić information content (AvgIpc) is 2.75. The summed E-state index contributed by atoms with van der Waals surface area (Å²) < 4.78 is 15.7. The van der Waals surface area contributed by atoms with Gasteiger partial charge in [0.05, 0.1) is 17.5 Å². The number of rotatable bonds is 12. The van der Waals surface area contributed by atoms with Crippen molar-refractivity contribution >= 4 is 35.5 Å². The van der Waals surface area contributed by atoms with Gasteiger partial charge >= 0.3 is 18.0 Å². The van der Waals surface area contributed by atoms with Gasteiger partial charge in [0.2, 0.25) is 5.91 Å². The Bertz CT molecular complexity index is 972. The van der Waals surface area contributed by atoms with E-state index in [1.807, 2.05) is 13.8 Å². The minimum atomic E-state index is -1.29. The van der Waals surface area contributed by atoms with Crippen LogP contribution in [0.3, 0.4) is 0 Å². The summed E-state index contributed by atoms with van der Waals surface area (Å²) >= 11 is 6.21. The zero-order chi connectivity index (χ0) is 28.6. The Morgan fingerprint density at radius 2 is 1.70 bits per heavy atom. The Morgan fingerprint density at radius 3 is 2.19 bits per heavy atom. The fourth-order valence-corrected chi connectivity index (χ4v) is 3.43. The third-order valence-corrected chi connectivity index (χ3v) is 5.43.